The summed E-state index contributed by atoms with van der Waals surface area (Å²) in [6.07, 6.45) is 2.17. The van der Waals surface area contributed by atoms with Gasteiger partial charge in [0, 0.05) is 4.75 Å². The molecule has 0 aliphatic rings. The Bertz CT molecular complexity index is 76.7. The summed E-state index contributed by atoms with van der Waals surface area (Å²) in [4.78, 5) is 0. The molecule has 0 heterocycles. The summed E-state index contributed by atoms with van der Waals surface area (Å²) >= 11 is 0. The minimum Gasteiger partial charge on any atom is -0.191 e. The summed E-state index contributed by atoms with van der Waals surface area (Å²) in [7, 11) is 0.317. The summed E-state index contributed by atoms with van der Waals surface area (Å²) in [6.45, 7) is 6.63. The fourth-order valence-electron chi connectivity index (χ4n) is 0. The molecule has 1 unspecified atom stereocenters. The Kier molecular flexibility index (Phi) is 2.06. The fourth-order valence-corrected chi connectivity index (χ4v) is 0. The van der Waals surface area contributed by atoms with Crippen LogP contribution in [-0.2, 0) is 0 Å². The molecule has 0 aliphatic carbocycles. The van der Waals surface area contributed by atoms with Crippen LogP contribution in [0.15, 0.2) is 0 Å². The van der Waals surface area contributed by atoms with Gasteiger partial charge in [0.25, 0.3) is 0 Å². The van der Waals surface area contributed by atoms with E-state index in [4.69, 9.17) is 0 Å². The van der Waals surface area contributed by atoms with Crippen LogP contribution in [0.2, 0.25) is 0 Å². The van der Waals surface area contributed by atoms with Gasteiger partial charge in [-0.1, -0.05) is 26.6 Å². The van der Waals surface area contributed by atoms with Gasteiger partial charge in [0.15, 0.2) is 0 Å². The normalized spacial score (nSPS) is 16.6. The summed E-state index contributed by atoms with van der Waals surface area (Å²) in [6, 6.07) is 0. The molecule has 0 saturated heterocycles. The number of hydrogen-bond acceptors (Lipinski definition) is 0. The molecule has 1 atom stereocenters. The van der Waals surface area contributed by atoms with Gasteiger partial charge in [0.1, 0.15) is 0 Å². The molecule has 0 N–H and O–H groups in total. The smallest absolute Gasteiger partial charge is 0.00175 e. The van der Waals surface area contributed by atoms with Crippen molar-refractivity contribution in [3.05, 3.63) is 0 Å². The minimum absolute atomic E-state index is 0.317. The van der Waals surface area contributed by atoms with E-state index in [1.165, 1.54) is 0 Å². The van der Waals surface area contributed by atoms with Crippen LogP contribution in [0.25, 0.3) is 0 Å². The third kappa shape index (κ3) is 2.86. The lowest BCUT2D eigenvalue weighted by Crippen LogP contribution is -2.08. The predicted molar refractivity (Wildman–Crippen MR) is 40.4 cm³/mol. The highest BCUT2D eigenvalue weighted by molar-refractivity contribution is 8.14. The molecule has 7 heavy (non-hydrogen) atoms. The van der Waals surface area contributed by atoms with Crippen molar-refractivity contribution in [3.8, 4) is 0 Å². The molecule has 0 aromatic heterocycles. The predicted octanol–water partition coefficient (Wildman–Crippen LogP) is 2.12. The van der Waals surface area contributed by atoms with Crippen LogP contribution in [0.5, 0.6) is 0 Å². The first kappa shape index (κ1) is 7.22. The maximum absolute atomic E-state index is 3.94. The van der Waals surface area contributed by atoms with Gasteiger partial charge in [-0.15, -0.1) is 0 Å². The molecular formula is C6H14S. The lowest BCUT2D eigenvalue weighted by atomic mass is 10.3. The van der Waals surface area contributed by atoms with Crippen molar-refractivity contribution in [2.45, 2.75) is 25.5 Å². The van der Waals surface area contributed by atoms with Crippen LogP contribution in [0.1, 0.15) is 20.8 Å². The Labute approximate surface area is 48.9 Å². The van der Waals surface area contributed by atoms with Crippen molar-refractivity contribution in [3.63, 3.8) is 0 Å². The van der Waals surface area contributed by atoms with Gasteiger partial charge in [-0.05, 0) is 6.26 Å². The first-order chi connectivity index (χ1) is 2.94. The van der Waals surface area contributed by atoms with Gasteiger partial charge in [-0.25, -0.2) is 0 Å². The van der Waals surface area contributed by atoms with Crippen LogP contribution in [0.3, 0.4) is 0 Å². The van der Waals surface area contributed by atoms with E-state index in [-0.39, 0.29) is 0 Å². The zero-order chi connectivity index (χ0) is 6.08. The molecule has 0 saturated carbocycles. The van der Waals surface area contributed by atoms with Gasteiger partial charge < -0.3 is 0 Å². The van der Waals surface area contributed by atoms with Crippen molar-refractivity contribution in [2.24, 2.45) is 0 Å². The lowest BCUT2D eigenvalue weighted by Gasteiger charge is -2.18. The zero-order valence-electron chi connectivity index (χ0n) is 5.62. The van der Waals surface area contributed by atoms with Crippen LogP contribution in [-0.4, -0.2) is 16.9 Å². The summed E-state index contributed by atoms with van der Waals surface area (Å²) in [5, 5.41) is 0. The number of hydrogen-bond donors (Lipinski definition) is 0. The molecule has 44 valence electrons. The Morgan fingerprint density at radius 3 is 1.43 bits per heavy atom. The van der Waals surface area contributed by atoms with Gasteiger partial charge in [0.2, 0.25) is 0 Å². The van der Waals surface area contributed by atoms with E-state index in [1.54, 1.807) is 0 Å². The van der Waals surface area contributed by atoms with E-state index in [0.717, 1.165) is 0 Å². The summed E-state index contributed by atoms with van der Waals surface area (Å²) < 4.78 is 0.417. The van der Waals surface area contributed by atoms with Crippen molar-refractivity contribution in [1.29, 1.82) is 0 Å². The Hall–Kier alpha value is 0.220. The van der Waals surface area contributed by atoms with E-state index in [1.807, 2.05) is 0 Å². The minimum atomic E-state index is 0.317. The quantitative estimate of drug-likeness (QED) is 0.427. The fraction of sp³-hybridized carbons (Fsp3) is 0.833. The topological polar surface area (TPSA) is 0 Å². The lowest BCUT2D eigenvalue weighted by molar-refractivity contribution is 0.805. The second-order valence-corrected chi connectivity index (χ2v) is 5.25. The van der Waals surface area contributed by atoms with Crippen LogP contribution >= 0.6 is 10.5 Å². The molecule has 0 aliphatic heterocycles. The first-order valence-corrected chi connectivity index (χ1v) is 4.20. The first-order valence-electron chi connectivity index (χ1n) is 2.40. The molecule has 0 nitrogen and oxygen atoms in total. The molecule has 0 radical (unpaired) electrons. The maximum atomic E-state index is 3.94. The molecule has 1 heteroatoms. The third-order valence-electron chi connectivity index (χ3n) is 1.05. The van der Waals surface area contributed by atoms with Gasteiger partial charge in [-0.3, -0.25) is 0 Å². The zero-order valence-corrected chi connectivity index (χ0v) is 6.43. The van der Waals surface area contributed by atoms with Crippen LogP contribution in [0, 0.1) is 0 Å². The highest BCUT2D eigenvalue weighted by atomic mass is 32.2. The van der Waals surface area contributed by atoms with E-state index in [9.17, 15) is 0 Å². The number of rotatable bonds is 0. The SMILES string of the molecule is C=S(C)C(C)(C)C. The molecule has 0 amide bonds. The second-order valence-electron chi connectivity index (χ2n) is 2.75. The Morgan fingerprint density at radius 2 is 1.43 bits per heavy atom. The molecule has 0 aromatic rings. The Balaban J connectivity index is 3.79. The van der Waals surface area contributed by atoms with Gasteiger partial charge in [-0.2, -0.15) is 10.5 Å². The third-order valence-corrected chi connectivity index (χ3v) is 3.14. The highest BCUT2D eigenvalue weighted by Gasteiger charge is 2.07. The average Bonchev–Trinajstić information content (AvgIpc) is 1.31. The van der Waals surface area contributed by atoms with E-state index < -0.39 is 0 Å². The molecule has 0 fully saturated rings. The maximum Gasteiger partial charge on any atom is 0.00175 e. The van der Waals surface area contributed by atoms with E-state index in [2.05, 4.69) is 32.9 Å². The second kappa shape index (κ2) is 1.99. The van der Waals surface area contributed by atoms with E-state index in [0.29, 0.717) is 15.2 Å². The van der Waals surface area contributed by atoms with Crippen LogP contribution in [0.4, 0.5) is 0 Å². The van der Waals surface area contributed by atoms with Crippen molar-refractivity contribution in [2.75, 3.05) is 6.26 Å². The summed E-state index contributed by atoms with van der Waals surface area (Å²) in [5.74, 6) is 3.94. The van der Waals surface area contributed by atoms with Gasteiger partial charge in [0.05, 0.1) is 0 Å². The van der Waals surface area contributed by atoms with Crippen LogP contribution < -0.4 is 0 Å². The highest BCUT2D eigenvalue weighted by Crippen LogP contribution is 2.24. The molecule has 0 bridgehead atoms. The monoisotopic (exact) mass is 118 g/mol. The van der Waals surface area contributed by atoms with Crippen molar-refractivity contribution in [1.82, 2.24) is 0 Å². The molecule has 0 aromatic carbocycles. The standard InChI is InChI=1S/C6H14S/c1-6(2,3)7(4)5/h4H2,1-3,5H3. The van der Waals surface area contributed by atoms with Crippen molar-refractivity contribution >= 4 is 16.4 Å². The van der Waals surface area contributed by atoms with E-state index >= 15 is 0 Å². The summed E-state index contributed by atoms with van der Waals surface area (Å²) in [5.41, 5.74) is 0. The molecular weight excluding hydrogens is 104 g/mol. The Morgan fingerprint density at radius 1 is 1.29 bits per heavy atom. The average molecular weight is 118 g/mol. The largest absolute Gasteiger partial charge is 0.191 e. The molecule has 0 rings (SSSR count). The molecule has 0 spiro atoms. The van der Waals surface area contributed by atoms with Crippen molar-refractivity contribution < 1.29 is 0 Å². The van der Waals surface area contributed by atoms with Gasteiger partial charge >= 0.3 is 0 Å².